The maximum Gasteiger partial charge on any atom is 0.198 e. The van der Waals surface area contributed by atoms with Gasteiger partial charge in [-0.2, -0.15) is 11.8 Å². The smallest absolute Gasteiger partial charge is 0.198 e. The van der Waals surface area contributed by atoms with Gasteiger partial charge in [-0.15, -0.1) is 0 Å². The first-order chi connectivity index (χ1) is 7.31. The second kappa shape index (κ2) is 5.03. The largest absolute Gasteiger partial charge is 0.445 e. The van der Waals surface area contributed by atoms with Crippen LogP contribution in [0.15, 0.2) is 10.6 Å². The highest BCUT2D eigenvalue weighted by molar-refractivity contribution is 7.99. The van der Waals surface area contributed by atoms with Crippen LogP contribution < -0.4 is 5.73 Å². The molecule has 2 heterocycles. The van der Waals surface area contributed by atoms with Crippen molar-refractivity contribution in [1.29, 1.82) is 0 Å². The quantitative estimate of drug-likeness (QED) is 0.859. The van der Waals surface area contributed by atoms with E-state index in [0.717, 1.165) is 17.4 Å². The second-order valence-corrected chi connectivity index (χ2v) is 5.30. The number of oxazole rings is 1. The Balaban J connectivity index is 2.05. The molecule has 0 amide bonds. The molecule has 3 nitrogen and oxygen atoms in total. The Morgan fingerprint density at radius 1 is 1.73 bits per heavy atom. The topological polar surface area (TPSA) is 52.0 Å². The number of hydrogen-bond acceptors (Lipinski definition) is 4. The zero-order valence-corrected chi connectivity index (χ0v) is 9.93. The summed E-state index contributed by atoms with van der Waals surface area (Å²) in [7, 11) is 0. The fraction of sp³-hybridized carbons (Fsp3) is 0.727. The Morgan fingerprint density at radius 2 is 2.60 bits per heavy atom. The van der Waals surface area contributed by atoms with E-state index >= 15 is 0 Å². The van der Waals surface area contributed by atoms with E-state index < -0.39 is 0 Å². The molecular formula is C11H18N2OS. The third-order valence-electron chi connectivity index (χ3n) is 2.89. The average molecular weight is 226 g/mol. The summed E-state index contributed by atoms with van der Waals surface area (Å²) in [5.41, 5.74) is 5.60. The molecule has 2 atom stereocenters. The first kappa shape index (κ1) is 11.0. The molecule has 84 valence electrons. The van der Waals surface area contributed by atoms with E-state index in [9.17, 15) is 0 Å². The van der Waals surface area contributed by atoms with Crippen LogP contribution in [-0.2, 0) is 0 Å². The number of nitrogens with zero attached hydrogens (tertiary/aromatic N) is 1. The van der Waals surface area contributed by atoms with E-state index in [1.807, 2.05) is 18.0 Å². The fourth-order valence-electron chi connectivity index (χ4n) is 1.77. The summed E-state index contributed by atoms with van der Waals surface area (Å²) in [6, 6.07) is 0. The summed E-state index contributed by atoms with van der Waals surface area (Å²) >= 11 is 2.00. The van der Waals surface area contributed by atoms with Crippen LogP contribution in [0.2, 0.25) is 0 Å². The van der Waals surface area contributed by atoms with E-state index in [-0.39, 0.29) is 5.92 Å². The number of aromatic nitrogens is 1. The van der Waals surface area contributed by atoms with Gasteiger partial charge in [-0.3, -0.25) is 0 Å². The van der Waals surface area contributed by atoms with Crippen LogP contribution in [0, 0.1) is 0 Å². The Bertz CT molecular complexity index is 307. The molecule has 15 heavy (non-hydrogen) atoms. The van der Waals surface area contributed by atoms with Crippen molar-refractivity contribution in [3.05, 3.63) is 17.8 Å². The molecule has 1 saturated heterocycles. The third kappa shape index (κ3) is 2.55. The summed E-state index contributed by atoms with van der Waals surface area (Å²) in [6.07, 6.45) is 4.33. The number of rotatable bonds is 3. The lowest BCUT2D eigenvalue weighted by Gasteiger charge is -2.17. The number of thioether (sulfide) groups is 1. The maximum atomic E-state index is 5.77. The van der Waals surface area contributed by atoms with Crippen molar-refractivity contribution in [3.8, 4) is 0 Å². The Hall–Kier alpha value is -0.480. The highest BCUT2D eigenvalue weighted by Gasteiger charge is 2.21. The van der Waals surface area contributed by atoms with Crippen LogP contribution in [0.3, 0.4) is 0 Å². The third-order valence-corrected chi connectivity index (χ3v) is 4.11. The van der Waals surface area contributed by atoms with Crippen LogP contribution >= 0.6 is 11.8 Å². The van der Waals surface area contributed by atoms with Crippen molar-refractivity contribution >= 4 is 11.8 Å². The monoisotopic (exact) mass is 226 g/mol. The van der Waals surface area contributed by atoms with Crippen molar-refractivity contribution < 1.29 is 4.42 Å². The molecule has 1 aromatic heterocycles. The van der Waals surface area contributed by atoms with Crippen molar-refractivity contribution in [3.63, 3.8) is 0 Å². The van der Waals surface area contributed by atoms with E-state index in [4.69, 9.17) is 10.2 Å². The maximum absolute atomic E-state index is 5.77. The zero-order chi connectivity index (χ0) is 10.7. The molecule has 1 aromatic rings. The number of hydrogen-bond donors (Lipinski definition) is 1. The Morgan fingerprint density at radius 3 is 3.27 bits per heavy atom. The molecule has 0 aliphatic carbocycles. The highest BCUT2D eigenvalue weighted by atomic mass is 32.2. The van der Waals surface area contributed by atoms with Crippen molar-refractivity contribution in [2.24, 2.45) is 5.73 Å². The van der Waals surface area contributed by atoms with Gasteiger partial charge in [0.25, 0.3) is 0 Å². The van der Waals surface area contributed by atoms with Crippen LogP contribution in [0.5, 0.6) is 0 Å². The lowest BCUT2D eigenvalue weighted by molar-refractivity contribution is 0.401. The van der Waals surface area contributed by atoms with E-state index in [0.29, 0.717) is 12.5 Å². The van der Waals surface area contributed by atoms with Gasteiger partial charge in [0.1, 0.15) is 5.76 Å². The first-order valence-corrected chi connectivity index (χ1v) is 6.70. The van der Waals surface area contributed by atoms with Crippen molar-refractivity contribution in [1.82, 2.24) is 4.98 Å². The van der Waals surface area contributed by atoms with Gasteiger partial charge in [0.05, 0.1) is 6.20 Å². The second-order valence-electron chi connectivity index (χ2n) is 4.15. The predicted molar refractivity (Wildman–Crippen MR) is 63.3 cm³/mol. The van der Waals surface area contributed by atoms with Gasteiger partial charge in [0, 0.05) is 24.1 Å². The molecule has 0 spiro atoms. The summed E-state index contributed by atoms with van der Waals surface area (Å²) in [5, 5.41) is 0. The van der Waals surface area contributed by atoms with Crippen LogP contribution in [0.25, 0.3) is 0 Å². The van der Waals surface area contributed by atoms with Crippen molar-refractivity contribution in [2.45, 2.75) is 31.6 Å². The minimum Gasteiger partial charge on any atom is -0.445 e. The van der Waals surface area contributed by atoms with Gasteiger partial charge >= 0.3 is 0 Å². The average Bonchev–Trinajstić information content (AvgIpc) is 2.78. The molecule has 0 aromatic carbocycles. The molecule has 1 fully saturated rings. The highest BCUT2D eigenvalue weighted by Crippen LogP contribution is 2.31. The van der Waals surface area contributed by atoms with Gasteiger partial charge in [0.2, 0.25) is 0 Å². The lowest BCUT2D eigenvalue weighted by atomic mass is 10.1. The van der Waals surface area contributed by atoms with E-state index in [2.05, 4.69) is 11.9 Å². The van der Waals surface area contributed by atoms with Gasteiger partial charge in [-0.25, -0.2) is 4.98 Å². The summed E-state index contributed by atoms with van der Waals surface area (Å²) in [5.74, 6) is 5.07. The summed E-state index contributed by atoms with van der Waals surface area (Å²) in [6.45, 7) is 2.69. The molecule has 0 saturated carbocycles. The molecule has 2 N–H and O–H groups in total. The zero-order valence-electron chi connectivity index (χ0n) is 9.11. The summed E-state index contributed by atoms with van der Waals surface area (Å²) in [4.78, 5) is 4.37. The van der Waals surface area contributed by atoms with Crippen LogP contribution in [-0.4, -0.2) is 23.0 Å². The minimum absolute atomic E-state index is 0.280. The molecule has 1 aliphatic rings. The van der Waals surface area contributed by atoms with Gasteiger partial charge in [0.15, 0.2) is 5.89 Å². The molecule has 4 heteroatoms. The molecule has 0 bridgehead atoms. The van der Waals surface area contributed by atoms with Crippen molar-refractivity contribution in [2.75, 3.05) is 18.1 Å². The normalized spacial score (nSPS) is 24.0. The molecule has 2 unspecified atom stereocenters. The Labute approximate surface area is 94.8 Å². The standard InChI is InChI=1S/C11H18N2OS/c1-8(5-12)10-6-13-11(14-10)9-3-2-4-15-7-9/h6,8-9H,2-5,7,12H2,1H3. The number of nitrogens with two attached hydrogens (primary N) is 1. The SMILES string of the molecule is CC(CN)c1cnc(C2CCCSC2)o1. The Kier molecular flexibility index (Phi) is 3.70. The van der Waals surface area contributed by atoms with Gasteiger partial charge in [-0.05, 0) is 18.6 Å². The lowest BCUT2D eigenvalue weighted by Crippen LogP contribution is -2.09. The van der Waals surface area contributed by atoms with Crippen LogP contribution in [0.1, 0.15) is 43.3 Å². The van der Waals surface area contributed by atoms with Crippen LogP contribution in [0.4, 0.5) is 0 Å². The van der Waals surface area contributed by atoms with E-state index in [1.54, 1.807) is 0 Å². The molecule has 0 radical (unpaired) electrons. The van der Waals surface area contributed by atoms with E-state index in [1.165, 1.54) is 18.6 Å². The molecule has 2 rings (SSSR count). The fourth-order valence-corrected chi connectivity index (χ4v) is 2.90. The molecular weight excluding hydrogens is 208 g/mol. The van der Waals surface area contributed by atoms with Gasteiger partial charge < -0.3 is 10.2 Å². The van der Waals surface area contributed by atoms with Gasteiger partial charge in [-0.1, -0.05) is 6.92 Å². The summed E-state index contributed by atoms with van der Waals surface area (Å²) < 4.78 is 5.77. The first-order valence-electron chi connectivity index (χ1n) is 5.54. The predicted octanol–water partition coefficient (Wildman–Crippen LogP) is 2.35. The minimum atomic E-state index is 0.280. The molecule has 1 aliphatic heterocycles.